The third kappa shape index (κ3) is 15.1. The van der Waals surface area contributed by atoms with Crippen molar-refractivity contribution in [3.8, 4) is 0 Å². The first-order chi connectivity index (χ1) is 12.5. The lowest BCUT2D eigenvalue weighted by Crippen LogP contribution is -2.44. The molecule has 0 rings (SSSR count). The Morgan fingerprint density at radius 1 is 0.593 bits per heavy atom. The van der Waals surface area contributed by atoms with Crippen LogP contribution in [0.5, 0.6) is 0 Å². The molecule has 0 aromatic rings. The molecular weight excluding hydrogens is 354 g/mol. The van der Waals surface area contributed by atoms with Gasteiger partial charge in [0.2, 0.25) is 0 Å². The van der Waals surface area contributed by atoms with Gasteiger partial charge in [0, 0.05) is 39.3 Å². The van der Waals surface area contributed by atoms with Gasteiger partial charge in [0.05, 0.1) is 19.6 Å². The van der Waals surface area contributed by atoms with E-state index in [-0.39, 0.29) is 19.6 Å². The van der Waals surface area contributed by atoms with Gasteiger partial charge < -0.3 is 15.3 Å². The summed E-state index contributed by atoms with van der Waals surface area (Å²) in [7, 11) is 0. The van der Waals surface area contributed by atoms with E-state index in [4.69, 9.17) is 15.3 Å². The highest BCUT2D eigenvalue weighted by Crippen LogP contribution is 2.02. The molecule has 0 fully saturated rings. The highest BCUT2D eigenvalue weighted by atomic mass is 16.4. The third-order valence-corrected chi connectivity index (χ3v) is 3.79. The zero-order chi connectivity index (χ0) is 21.0. The van der Waals surface area contributed by atoms with E-state index in [1.807, 2.05) is 27.7 Å². The maximum absolute atomic E-state index is 11.2. The number of aliphatic carboxylic acids is 3. The van der Waals surface area contributed by atoms with Crippen LogP contribution in [0.1, 0.15) is 27.7 Å². The van der Waals surface area contributed by atoms with Crippen LogP contribution in [0.2, 0.25) is 0 Å². The lowest BCUT2D eigenvalue weighted by atomic mass is 10.2. The average molecular weight is 389 g/mol. The lowest BCUT2D eigenvalue weighted by Gasteiger charge is -2.29. The van der Waals surface area contributed by atoms with Gasteiger partial charge in [0.1, 0.15) is 0 Å². The first-order valence-electron chi connectivity index (χ1n) is 9.32. The zero-order valence-corrected chi connectivity index (χ0v) is 16.9. The molecule has 9 heteroatoms. The third-order valence-electron chi connectivity index (χ3n) is 3.79. The van der Waals surface area contributed by atoms with E-state index in [0.29, 0.717) is 51.1 Å². The predicted octanol–water partition coefficient (Wildman–Crippen LogP) is 0.458. The highest BCUT2D eigenvalue weighted by Gasteiger charge is 2.17. The maximum Gasteiger partial charge on any atom is 0.317 e. The summed E-state index contributed by atoms with van der Waals surface area (Å²) in [6.07, 6.45) is 0. The smallest absolute Gasteiger partial charge is 0.317 e. The molecule has 27 heavy (non-hydrogen) atoms. The molecule has 0 unspecified atom stereocenters. The first kappa shape index (κ1) is 25.3. The lowest BCUT2D eigenvalue weighted by molar-refractivity contribution is -0.140. The van der Waals surface area contributed by atoms with Crippen molar-refractivity contribution < 1.29 is 29.7 Å². The fourth-order valence-corrected chi connectivity index (χ4v) is 2.91. The molecule has 0 aromatic heterocycles. The van der Waals surface area contributed by atoms with Crippen molar-refractivity contribution in [1.29, 1.82) is 0 Å². The molecule has 0 amide bonds. The Morgan fingerprint density at radius 2 is 0.852 bits per heavy atom. The largest absolute Gasteiger partial charge is 0.480 e. The number of nitrogens with zero attached hydrogens (tertiary/aromatic N) is 3. The van der Waals surface area contributed by atoms with E-state index < -0.39 is 17.9 Å². The van der Waals surface area contributed by atoms with Gasteiger partial charge in [-0.25, -0.2) is 0 Å². The number of carboxylic acid groups (broad SMARTS) is 3. The van der Waals surface area contributed by atoms with Crippen molar-refractivity contribution in [3.63, 3.8) is 0 Å². The molecule has 0 bridgehead atoms. The summed E-state index contributed by atoms with van der Waals surface area (Å²) in [5.41, 5.74) is 0. The Bertz CT molecular complexity index is 436. The molecule has 158 valence electrons. The Kier molecular flexibility index (Phi) is 12.6. The van der Waals surface area contributed by atoms with Crippen LogP contribution >= 0.6 is 0 Å². The Hall–Kier alpha value is -1.71. The fourth-order valence-electron chi connectivity index (χ4n) is 2.91. The molecular formula is C18H35N3O6. The highest BCUT2D eigenvalue weighted by molar-refractivity contribution is 5.69. The van der Waals surface area contributed by atoms with Gasteiger partial charge in [-0.15, -0.1) is 0 Å². The average Bonchev–Trinajstić information content (AvgIpc) is 2.46. The molecule has 0 aromatic carbocycles. The van der Waals surface area contributed by atoms with E-state index in [1.54, 1.807) is 14.7 Å². The summed E-state index contributed by atoms with van der Waals surface area (Å²) < 4.78 is 0. The number of rotatable bonds is 16. The summed E-state index contributed by atoms with van der Waals surface area (Å²) >= 11 is 0. The van der Waals surface area contributed by atoms with Crippen molar-refractivity contribution in [2.75, 3.05) is 58.9 Å². The van der Waals surface area contributed by atoms with Crippen molar-refractivity contribution in [3.05, 3.63) is 0 Å². The van der Waals surface area contributed by atoms with Gasteiger partial charge in [-0.1, -0.05) is 27.7 Å². The quantitative estimate of drug-likeness (QED) is 0.345. The van der Waals surface area contributed by atoms with Crippen molar-refractivity contribution >= 4 is 17.9 Å². The van der Waals surface area contributed by atoms with Gasteiger partial charge in [0.25, 0.3) is 0 Å². The van der Waals surface area contributed by atoms with Crippen molar-refractivity contribution in [1.82, 2.24) is 14.7 Å². The molecule has 0 aliphatic rings. The number of carbonyl (C=O) groups is 3. The van der Waals surface area contributed by atoms with E-state index in [0.717, 1.165) is 0 Å². The van der Waals surface area contributed by atoms with Crippen molar-refractivity contribution in [2.45, 2.75) is 27.7 Å². The van der Waals surface area contributed by atoms with Gasteiger partial charge in [0.15, 0.2) is 0 Å². The summed E-state index contributed by atoms with van der Waals surface area (Å²) in [6, 6.07) is 0. The van der Waals surface area contributed by atoms with Gasteiger partial charge in [-0.2, -0.15) is 0 Å². The Balaban J connectivity index is 4.80. The molecule has 0 heterocycles. The van der Waals surface area contributed by atoms with Crippen LogP contribution in [0.15, 0.2) is 0 Å². The van der Waals surface area contributed by atoms with Crippen LogP contribution < -0.4 is 0 Å². The number of hydrogen-bond acceptors (Lipinski definition) is 6. The standard InChI is InChI=1S/C18H35N3O6/c1-14(2)9-20(12-17(24)25)7-5-19(11-16(22)23)6-8-21(10-15(3)4)13-18(26)27/h14-15H,5-13H2,1-4H3,(H,22,23)(H,24,25)(H,26,27). The van der Waals surface area contributed by atoms with Crippen molar-refractivity contribution in [2.24, 2.45) is 11.8 Å². The van der Waals surface area contributed by atoms with E-state index in [2.05, 4.69) is 0 Å². The maximum atomic E-state index is 11.2. The second-order valence-corrected chi connectivity index (χ2v) is 7.72. The van der Waals surface area contributed by atoms with Gasteiger partial charge >= 0.3 is 17.9 Å². The van der Waals surface area contributed by atoms with Crippen LogP contribution in [0.25, 0.3) is 0 Å². The molecule has 0 aliphatic heterocycles. The van der Waals surface area contributed by atoms with E-state index in [9.17, 15) is 14.4 Å². The molecule has 9 nitrogen and oxygen atoms in total. The molecule has 3 N–H and O–H groups in total. The summed E-state index contributed by atoms with van der Waals surface area (Å²) in [6.45, 7) is 10.6. The van der Waals surface area contributed by atoms with Crippen LogP contribution in [0.4, 0.5) is 0 Å². The summed E-state index contributed by atoms with van der Waals surface area (Å²) in [5, 5.41) is 27.2. The monoisotopic (exact) mass is 389 g/mol. The number of hydrogen-bond donors (Lipinski definition) is 3. The minimum Gasteiger partial charge on any atom is -0.480 e. The second-order valence-electron chi connectivity index (χ2n) is 7.72. The first-order valence-corrected chi connectivity index (χ1v) is 9.32. The molecule has 0 atom stereocenters. The molecule has 0 spiro atoms. The second kappa shape index (κ2) is 13.5. The van der Waals surface area contributed by atoms with Crippen LogP contribution in [-0.4, -0.2) is 107 Å². The van der Waals surface area contributed by atoms with E-state index >= 15 is 0 Å². The van der Waals surface area contributed by atoms with E-state index in [1.165, 1.54) is 0 Å². The summed E-state index contributed by atoms with van der Waals surface area (Å²) in [5.74, 6) is -2.18. The summed E-state index contributed by atoms with van der Waals surface area (Å²) in [4.78, 5) is 38.5. The Labute approximate surface area is 161 Å². The van der Waals surface area contributed by atoms with Gasteiger partial charge in [-0.05, 0) is 11.8 Å². The molecule has 0 saturated heterocycles. The minimum atomic E-state index is -0.961. The number of carboxylic acids is 3. The molecule has 0 saturated carbocycles. The normalized spacial score (nSPS) is 11.9. The van der Waals surface area contributed by atoms with Crippen LogP contribution in [0.3, 0.4) is 0 Å². The topological polar surface area (TPSA) is 122 Å². The zero-order valence-electron chi connectivity index (χ0n) is 16.9. The minimum absolute atomic E-state index is 0.0857. The van der Waals surface area contributed by atoms with Crippen LogP contribution in [0, 0.1) is 11.8 Å². The SMILES string of the molecule is CC(C)CN(CCN(CCN(CC(=O)O)CC(C)C)CC(=O)O)CC(=O)O. The molecule has 0 aliphatic carbocycles. The fraction of sp³-hybridized carbons (Fsp3) is 0.833. The van der Waals surface area contributed by atoms with Crippen LogP contribution in [-0.2, 0) is 14.4 Å². The van der Waals surface area contributed by atoms with Gasteiger partial charge in [-0.3, -0.25) is 29.1 Å². The predicted molar refractivity (Wildman–Crippen MR) is 102 cm³/mol. The Morgan fingerprint density at radius 3 is 1.11 bits per heavy atom. The molecule has 0 radical (unpaired) electrons.